The SMILES string of the molecule is COc1cc(S(=O)(=O)N2C[C@H](CC(C)(C)C(=O)O)Oc3ccc(/C=C(\C)c4c(F)cccc4Cl)cc32)ccc1F. The number of methoxy groups -OCH3 is 1. The first-order chi connectivity index (χ1) is 18.7. The van der Waals surface area contributed by atoms with Crippen LogP contribution in [0.25, 0.3) is 11.6 Å². The molecule has 0 unspecified atom stereocenters. The molecule has 4 rings (SSSR count). The van der Waals surface area contributed by atoms with E-state index in [0.29, 0.717) is 11.1 Å². The number of carboxylic acids is 1. The maximum absolute atomic E-state index is 14.5. The van der Waals surface area contributed by atoms with Crippen LogP contribution in [0.15, 0.2) is 59.5 Å². The third kappa shape index (κ3) is 5.78. The molecule has 3 aromatic rings. The predicted molar refractivity (Wildman–Crippen MR) is 149 cm³/mol. The highest BCUT2D eigenvalue weighted by atomic mass is 35.5. The third-order valence-electron chi connectivity index (χ3n) is 6.68. The molecule has 1 atom stereocenters. The number of rotatable bonds is 8. The molecule has 11 heteroatoms. The zero-order valence-electron chi connectivity index (χ0n) is 22.2. The molecule has 0 saturated carbocycles. The number of halogens is 3. The fourth-order valence-corrected chi connectivity index (χ4v) is 6.36. The second-order valence-corrected chi connectivity index (χ2v) is 12.4. The van der Waals surface area contributed by atoms with Gasteiger partial charge in [0.1, 0.15) is 17.7 Å². The Morgan fingerprint density at radius 1 is 1.18 bits per heavy atom. The molecule has 0 aliphatic carbocycles. The second kappa shape index (κ2) is 11.1. The number of sulfonamides is 1. The number of nitrogens with zero attached hydrogens (tertiary/aromatic N) is 1. The van der Waals surface area contributed by atoms with Gasteiger partial charge in [-0.3, -0.25) is 9.10 Å². The van der Waals surface area contributed by atoms with Crippen LogP contribution in [0.1, 0.15) is 38.3 Å². The summed E-state index contributed by atoms with van der Waals surface area (Å²) in [5, 5.41) is 9.86. The van der Waals surface area contributed by atoms with Crippen molar-refractivity contribution in [3.05, 3.63) is 82.4 Å². The number of allylic oxidation sites excluding steroid dienone is 1. The monoisotopic (exact) mass is 591 g/mol. The number of carboxylic acid groups (broad SMARTS) is 1. The first-order valence-electron chi connectivity index (χ1n) is 12.3. The molecule has 0 bridgehead atoms. The summed E-state index contributed by atoms with van der Waals surface area (Å²) in [6, 6.07) is 12.4. The standard InChI is InChI=1S/C29H28ClF2NO6S/c1-17(27-21(30)6-5-7-23(27)32)12-18-8-11-25-24(13-18)33(16-19(39-25)15-29(2,3)28(34)35)40(36,37)20-9-10-22(31)26(14-20)38-4/h5-14,19H,15-16H2,1-4H3,(H,34,35)/b17-12+/t19-/m0/s1. The lowest BCUT2D eigenvalue weighted by Gasteiger charge is -2.37. The summed E-state index contributed by atoms with van der Waals surface area (Å²) in [5.41, 5.74) is 0.264. The van der Waals surface area contributed by atoms with E-state index in [2.05, 4.69) is 0 Å². The molecule has 40 heavy (non-hydrogen) atoms. The minimum atomic E-state index is -4.29. The van der Waals surface area contributed by atoms with E-state index in [9.17, 15) is 27.1 Å². The predicted octanol–water partition coefficient (Wildman–Crippen LogP) is 6.64. The van der Waals surface area contributed by atoms with Gasteiger partial charge in [-0.2, -0.15) is 0 Å². The van der Waals surface area contributed by atoms with Gasteiger partial charge in [-0.05, 0) is 68.3 Å². The Bertz CT molecular complexity index is 1590. The van der Waals surface area contributed by atoms with Gasteiger partial charge in [0.2, 0.25) is 0 Å². The van der Waals surface area contributed by atoms with Crippen molar-refractivity contribution >= 4 is 44.9 Å². The topological polar surface area (TPSA) is 93.1 Å². The maximum atomic E-state index is 14.5. The van der Waals surface area contributed by atoms with Crippen molar-refractivity contribution in [3.8, 4) is 11.5 Å². The van der Waals surface area contributed by atoms with Crippen molar-refractivity contribution < 1.29 is 36.6 Å². The molecule has 1 N–H and O–H groups in total. The highest BCUT2D eigenvalue weighted by molar-refractivity contribution is 7.92. The van der Waals surface area contributed by atoms with Gasteiger partial charge in [-0.1, -0.05) is 29.8 Å². The molecule has 3 aromatic carbocycles. The second-order valence-electron chi connectivity index (χ2n) is 10.1. The molecule has 7 nitrogen and oxygen atoms in total. The first kappa shape index (κ1) is 29.4. The maximum Gasteiger partial charge on any atom is 0.309 e. The molecule has 0 aromatic heterocycles. The smallest absolute Gasteiger partial charge is 0.309 e. The van der Waals surface area contributed by atoms with Gasteiger partial charge in [-0.15, -0.1) is 0 Å². The van der Waals surface area contributed by atoms with Gasteiger partial charge in [0, 0.05) is 18.1 Å². The minimum absolute atomic E-state index is 0.0209. The molecule has 1 heterocycles. The summed E-state index contributed by atoms with van der Waals surface area (Å²) in [5.74, 6) is -2.30. The quantitative estimate of drug-likeness (QED) is 0.295. The largest absolute Gasteiger partial charge is 0.494 e. The summed E-state index contributed by atoms with van der Waals surface area (Å²) in [6.45, 7) is 4.55. The Morgan fingerprint density at radius 2 is 1.90 bits per heavy atom. The Balaban J connectivity index is 1.82. The van der Waals surface area contributed by atoms with Crippen molar-refractivity contribution in [1.82, 2.24) is 0 Å². The fourth-order valence-electron chi connectivity index (χ4n) is 4.53. The average Bonchev–Trinajstić information content (AvgIpc) is 2.88. The van der Waals surface area contributed by atoms with Crippen LogP contribution in [-0.4, -0.2) is 39.3 Å². The molecule has 0 amide bonds. The van der Waals surface area contributed by atoms with Gasteiger partial charge in [0.05, 0.1) is 34.7 Å². The molecule has 0 fully saturated rings. The number of aliphatic carboxylic acids is 1. The van der Waals surface area contributed by atoms with Crippen LogP contribution in [0.5, 0.6) is 11.5 Å². The fraction of sp³-hybridized carbons (Fsp3) is 0.276. The normalized spacial score (nSPS) is 15.8. The highest BCUT2D eigenvalue weighted by Crippen LogP contribution is 2.41. The summed E-state index contributed by atoms with van der Waals surface area (Å²) in [7, 11) is -3.06. The first-order valence-corrected chi connectivity index (χ1v) is 14.1. The van der Waals surface area contributed by atoms with Crippen molar-refractivity contribution in [2.45, 2.75) is 38.2 Å². The van der Waals surface area contributed by atoms with Crippen LogP contribution in [0.4, 0.5) is 14.5 Å². The van der Waals surface area contributed by atoms with Crippen LogP contribution < -0.4 is 13.8 Å². The Morgan fingerprint density at radius 3 is 2.55 bits per heavy atom. The zero-order valence-corrected chi connectivity index (χ0v) is 23.8. The Labute approximate surface area is 236 Å². The van der Waals surface area contributed by atoms with E-state index >= 15 is 0 Å². The molecular formula is C29H28ClF2NO6S. The molecule has 0 saturated heterocycles. The van der Waals surface area contributed by atoms with Gasteiger partial charge >= 0.3 is 5.97 Å². The van der Waals surface area contributed by atoms with E-state index in [1.807, 2.05) is 0 Å². The van der Waals surface area contributed by atoms with E-state index in [4.69, 9.17) is 21.1 Å². The number of anilines is 1. The van der Waals surface area contributed by atoms with E-state index in [1.165, 1.54) is 33.1 Å². The zero-order chi connectivity index (χ0) is 29.4. The number of benzene rings is 3. The molecule has 212 valence electrons. The van der Waals surface area contributed by atoms with Crippen molar-refractivity contribution in [1.29, 1.82) is 0 Å². The third-order valence-corrected chi connectivity index (χ3v) is 8.77. The van der Waals surface area contributed by atoms with Crippen LogP contribution in [0.3, 0.4) is 0 Å². The van der Waals surface area contributed by atoms with Crippen molar-refractivity contribution in [3.63, 3.8) is 0 Å². The Kier molecular flexibility index (Phi) is 8.14. The summed E-state index contributed by atoms with van der Waals surface area (Å²) < 4.78 is 68.6. The lowest BCUT2D eigenvalue weighted by atomic mass is 9.86. The lowest BCUT2D eigenvalue weighted by molar-refractivity contribution is -0.148. The number of hydrogen-bond acceptors (Lipinski definition) is 5. The van der Waals surface area contributed by atoms with E-state index in [1.54, 1.807) is 37.3 Å². The number of fused-ring (bicyclic) bond motifs is 1. The number of hydrogen-bond donors (Lipinski definition) is 1. The summed E-state index contributed by atoms with van der Waals surface area (Å²) >= 11 is 6.22. The van der Waals surface area contributed by atoms with Crippen LogP contribution in [0, 0.1) is 17.0 Å². The van der Waals surface area contributed by atoms with E-state index in [-0.39, 0.29) is 45.6 Å². The van der Waals surface area contributed by atoms with Gasteiger partial charge in [0.25, 0.3) is 10.0 Å². The summed E-state index contributed by atoms with van der Waals surface area (Å²) in [4.78, 5) is 11.6. The Hall–Kier alpha value is -3.63. The van der Waals surface area contributed by atoms with Crippen LogP contribution in [0.2, 0.25) is 5.02 Å². The minimum Gasteiger partial charge on any atom is -0.494 e. The lowest BCUT2D eigenvalue weighted by Crippen LogP contribution is -2.46. The van der Waals surface area contributed by atoms with Gasteiger partial charge in [0.15, 0.2) is 11.6 Å². The van der Waals surface area contributed by atoms with Gasteiger partial charge in [-0.25, -0.2) is 17.2 Å². The van der Waals surface area contributed by atoms with E-state index < -0.39 is 39.1 Å². The molecule has 0 spiro atoms. The molecular weight excluding hydrogens is 564 g/mol. The molecule has 0 radical (unpaired) electrons. The van der Waals surface area contributed by atoms with E-state index in [0.717, 1.165) is 22.5 Å². The average molecular weight is 592 g/mol. The van der Waals surface area contributed by atoms with Gasteiger partial charge < -0.3 is 14.6 Å². The highest BCUT2D eigenvalue weighted by Gasteiger charge is 2.39. The van der Waals surface area contributed by atoms with Crippen molar-refractivity contribution in [2.75, 3.05) is 18.0 Å². The van der Waals surface area contributed by atoms with Crippen LogP contribution >= 0.6 is 11.6 Å². The molecule has 1 aliphatic heterocycles. The molecule has 1 aliphatic rings. The number of carbonyl (C=O) groups is 1. The summed E-state index contributed by atoms with van der Waals surface area (Å²) in [6.07, 6.45) is 0.888. The van der Waals surface area contributed by atoms with Crippen LogP contribution in [-0.2, 0) is 14.8 Å². The number of ether oxygens (including phenoxy) is 2. The van der Waals surface area contributed by atoms with Crippen molar-refractivity contribution in [2.24, 2.45) is 5.41 Å².